The summed E-state index contributed by atoms with van der Waals surface area (Å²) in [6.45, 7) is -0.0112. The Labute approximate surface area is 217 Å². The summed E-state index contributed by atoms with van der Waals surface area (Å²) in [6, 6.07) is 11.3. The zero-order valence-corrected chi connectivity index (χ0v) is 20.5. The van der Waals surface area contributed by atoms with Gasteiger partial charge in [-0.3, -0.25) is 15.3 Å². The van der Waals surface area contributed by atoms with E-state index in [0.717, 1.165) is 11.0 Å². The Morgan fingerprint density at radius 1 is 0.895 bits per heavy atom. The second-order valence-corrected chi connectivity index (χ2v) is 8.52. The van der Waals surface area contributed by atoms with Gasteiger partial charge in [-0.15, -0.1) is 10.2 Å². The van der Waals surface area contributed by atoms with E-state index < -0.39 is 12.3 Å². The number of aliphatic imine (C=N–C) groups is 2. The lowest BCUT2D eigenvalue weighted by molar-refractivity contribution is 0.308. The highest BCUT2D eigenvalue weighted by atomic mass is 16.3. The first-order valence-electron chi connectivity index (χ1n) is 12.1. The third kappa shape index (κ3) is 5.11. The molecule has 0 spiro atoms. The summed E-state index contributed by atoms with van der Waals surface area (Å²) in [6.07, 6.45) is 8.11. The smallest absolute Gasteiger partial charge is 0.176 e. The second kappa shape index (κ2) is 11.2. The number of hydrogen-bond acceptors (Lipinski definition) is 11. The Hall–Kier alpha value is -4.59. The maximum absolute atomic E-state index is 9.16. The Bertz CT molecular complexity index is 1530. The average molecular weight is 516 g/mol. The van der Waals surface area contributed by atoms with E-state index in [1.807, 2.05) is 48.8 Å². The summed E-state index contributed by atoms with van der Waals surface area (Å²) in [4.78, 5) is 9.04. The van der Waals surface area contributed by atoms with Gasteiger partial charge < -0.3 is 32.0 Å². The fourth-order valence-electron chi connectivity index (χ4n) is 4.06. The van der Waals surface area contributed by atoms with E-state index in [1.165, 1.54) is 0 Å². The van der Waals surface area contributed by atoms with Crippen LogP contribution in [-0.2, 0) is 0 Å². The number of nitrogens with one attached hydrogen (secondary N) is 4. The Balaban J connectivity index is 1.42. The fourth-order valence-corrected chi connectivity index (χ4v) is 4.06. The van der Waals surface area contributed by atoms with Gasteiger partial charge in [0.05, 0.1) is 16.7 Å². The number of nitrogens with zero attached hydrogens (tertiary/aromatic N) is 6. The number of nitrogens with two attached hydrogens (primary N) is 1. The minimum absolute atomic E-state index is 0.00407. The summed E-state index contributed by atoms with van der Waals surface area (Å²) < 4.78 is 3.41. The molecule has 5 heterocycles. The Kier molecular flexibility index (Phi) is 7.40. The maximum atomic E-state index is 9.16. The molecule has 5 rings (SSSR count). The van der Waals surface area contributed by atoms with Crippen molar-refractivity contribution >= 4 is 52.2 Å². The van der Waals surface area contributed by atoms with Gasteiger partial charge in [0.1, 0.15) is 23.7 Å². The number of fused-ring (bicyclic) bond motifs is 2. The van der Waals surface area contributed by atoms with Gasteiger partial charge in [0.15, 0.2) is 11.6 Å². The molecule has 0 radical (unpaired) electrons. The average Bonchev–Trinajstić information content (AvgIpc) is 3.44. The fraction of sp³-hybridized carbons (Fsp3) is 0.240. The van der Waals surface area contributed by atoms with E-state index in [-0.39, 0.29) is 18.9 Å². The topological polar surface area (TPSA) is 186 Å². The van der Waals surface area contributed by atoms with Crippen LogP contribution in [0.1, 0.15) is 12.8 Å². The van der Waals surface area contributed by atoms with Crippen molar-refractivity contribution in [3.63, 3.8) is 0 Å². The molecule has 4 aromatic rings. The first-order valence-corrected chi connectivity index (χ1v) is 12.1. The third-order valence-corrected chi connectivity index (χ3v) is 5.85. The van der Waals surface area contributed by atoms with Crippen LogP contribution < -0.4 is 21.7 Å². The van der Waals surface area contributed by atoms with Crippen LogP contribution in [0.25, 0.3) is 11.0 Å². The van der Waals surface area contributed by atoms with E-state index in [9.17, 15) is 0 Å². The molecule has 0 amide bonds. The zero-order valence-electron chi connectivity index (χ0n) is 20.5. The van der Waals surface area contributed by atoms with Crippen molar-refractivity contribution in [2.24, 2.45) is 15.7 Å². The summed E-state index contributed by atoms with van der Waals surface area (Å²) in [5.74, 6) is 0.968. The number of anilines is 2. The largest absolute Gasteiger partial charge is 0.399 e. The molecule has 2 atom stereocenters. The maximum Gasteiger partial charge on any atom is 0.176 e. The summed E-state index contributed by atoms with van der Waals surface area (Å²) >= 11 is 0. The van der Waals surface area contributed by atoms with Crippen molar-refractivity contribution in [3.05, 3.63) is 60.6 Å². The predicted molar refractivity (Wildman–Crippen MR) is 148 cm³/mol. The van der Waals surface area contributed by atoms with Crippen LogP contribution >= 0.6 is 0 Å². The van der Waals surface area contributed by atoms with Crippen LogP contribution in [0, 0.1) is 5.41 Å². The van der Waals surface area contributed by atoms with Gasteiger partial charge in [0.25, 0.3) is 0 Å². The molecule has 2 unspecified atom stereocenters. The molecule has 196 valence electrons. The monoisotopic (exact) mass is 515 g/mol. The van der Waals surface area contributed by atoms with Gasteiger partial charge >= 0.3 is 0 Å². The second-order valence-electron chi connectivity index (χ2n) is 8.52. The summed E-state index contributed by atoms with van der Waals surface area (Å²) in [7, 11) is 0. The third-order valence-electron chi connectivity index (χ3n) is 5.85. The molecule has 0 bridgehead atoms. The van der Waals surface area contributed by atoms with Crippen LogP contribution in [-0.4, -0.2) is 73.1 Å². The predicted octanol–water partition coefficient (Wildman–Crippen LogP) is 1.79. The molecule has 0 saturated heterocycles. The molecule has 0 aromatic carbocycles. The van der Waals surface area contributed by atoms with Gasteiger partial charge in [-0.25, -0.2) is 9.03 Å². The molecule has 1 aliphatic rings. The molecule has 13 nitrogen and oxygen atoms in total. The summed E-state index contributed by atoms with van der Waals surface area (Å²) in [5.41, 5.74) is 9.72. The van der Waals surface area contributed by atoms with Crippen molar-refractivity contribution in [3.8, 4) is 0 Å². The molecular formula is C25H29N11O2. The highest BCUT2D eigenvalue weighted by molar-refractivity contribution is 6.00. The lowest BCUT2D eigenvalue weighted by atomic mass is 10.1. The van der Waals surface area contributed by atoms with E-state index in [2.05, 4.69) is 36.1 Å². The number of aliphatic hydroxyl groups excluding tert-OH is 2. The Morgan fingerprint density at radius 3 is 1.95 bits per heavy atom. The minimum atomic E-state index is -0.644. The Morgan fingerprint density at radius 2 is 1.42 bits per heavy atom. The quantitative estimate of drug-likeness (QED) is 0.156. The molecule has 13 heteroatoms. The van der Waals surface area contributed by atoms with Crippen molar-refractivity contribution in [1.82, 2.24) is 24.5 Å². The highest BCUT2D eigenvalue weighted by Crippen LogP contribution is 2.32. The number of pyridine rings is 2. The molecule has 0 fully saturated rings. The van der Waals surface area contributed by atoms with E-state index >= 15 is 0 Å². The number of aromatic nitrogens is 4. The summed E-state index contributed by atoms with van der Waals surface area (Å²) in [5, 5.41) is 45.9. The van der Waals surface area contributed by atoms with Crippen molar-refractivity contribution in [2.75, 3.05) is 23.8 Å². The first-order chi connectivity index (χ1) is 18.6. The van der Waals surface area contributed by atoms with E-state index in [1.54, 1.807) is 27.5 Å². The normalized spacial score (nSPS) is 18.2. The zero-order chi connectivity index (χ0) is 26.5. The van der Waals surface area contributed by atoms with Crippen LogP contribution in [0.3, 0.4) is 0 Å². The van der Waals surface area contributed by atoms with Crippen molar-refractivity contribution in [1.29, 1.82) is 5.41 Å². The van der Waals surface area contributed by atoms with Crippen molar-refractivity contribution < 1.29 is 10.2 Å². The van der Waals surface area contributed by atoms with Gasteiger partial charge in [-0.2, -0.15) is 0 Å². The molecule has 8 N–H and O–H groups in total. The van der Waals surface area contributed by atoms with Crippen molar-refractivity contribution in [2.45, 2.75) is 25.2 Å². The molecule has 0 aliphatic carbocycles. The van der Waals surface area contributed by atoms with E-state index in [0.29, 0.717) is 41.5 Å². The lowest BCUT2D eigenvalue weighted by Gasteiger charge is -2.31. The SMILES string of the molecule is N=C1C=C(N)C(Nc2nn3ccccc3c2N=CCCO)NC1Nc1nn2ccccc2c1N=CCCO. The van der Waals surface area contributed by atoms with Crippen LogP contribution in [0.5, 0.6) is 0 Å². The van der Waals surface area contributed by atoms with Gasteiger partial charge in [-0.1, -0.05) is 12.1 Å². The van der Waals surface area contributed by atoms with Crippen LogP contribution in [0.2, 0.25) is 0 Å². The lowest BCUT2D eigenvalue weighted by Crippen LogP contribution is -2.56. The van der Waals surface area contributed by atoms with Crippen LogP contribution in [0.15, 0.2) is 70.5 Å². The molecular weight excluding hydrogens is 486 g/mol. The molecule has 1 aliphatic heterocycles. The first kappa shape index (κ1) is 25.1. The van der Waals surface area contributed by atoms with E-state index in [4.69, 9.17) is 21.4 Å². The van der Waals surface area contributed by atoms with Crippen LogP contribution in [0.4, 0.5) is 23.0 Å². The number of rotatable bonds is 10. The number of aliphatic hydroxyl groups is 2. The minimum Gasteiger partial charge on any atom is -0.399 e. The highest BCUT2D eigenvalue weighted by Gasteiger charge is 2.28. The molecule has 0 saturated carbocycles. The molecule has 4 aromatic heterocycles. The molecule has 38 heavy (non-hydrogen) atoms. The van der Waals surface area contributed by atoms with Gasteiger partial charge in [-0.05, 0) is 30.3 Å². The standard InChI is InChI=1S/C25H29N11O2/c26-16-15-17(27)23(32-25-21(29-10-6-14-38)19-8-2-4-12-36(19)34-25)30-22(16)31-24-20(28-9-5-13-37)18-7-1-3-11-35(18)33-24/h1-4,7-12,15,22-23,26,30,37-38H,5-6,13-14,27H2,(H,31,33)(H,32,34). The number of hydrogen-bond donors (Lipinski definition) is 7. The van der Waals surface area contributed by atoms with Gasteiger partial charge in [0.2, 0.25) is 0 Å². The van der Waals surface area contributed by atoms with Gasteiger partial charge in [0, 0.05) is 56.6 Å².